The first-order valence-electron chi connectivity index (χ1n) is 13.0. The highest BCUT2D eigenvalue weighted by Crippen LogP contribution is 2.43. The lowest BCUT2D eigenvalue weighted by molar-refractivity contribution is -0.118. The Kier molecular flexibility index (Phi) is 7.41. The van der Waals surface area contributed by atoms with E-state index >= 15 is 0 Å². The van der Waals surface area contributed by atoms with Crippen LogP contribution in [0.3, 0.4) is 0 Å². The lowest BCUT2D eigenvalue weighted by Crippen LogP contribution is -2.37. The number of fused-ring (bicyclic) bond motifs is 1. The number of carbonyl (C=O) groups is 2. The first-order chi connectivity index (χ1) is 18.6. The van der Waals surface area contributed by atoms with Gasteiger partial charge in [-0.3, -0.25) is 14.0 Å². The van der Waals surface area contributed by atoms with Crippen molar-refractivity contribution in [1.29, 1.82) is 0 Å². The van der Waals surface area contributed by atoms with Crippen LogP contribution in [0.4, 0.5) is 13.2 Å². The fourth-order valence-electron chi connectivity index (χ4n) is 5.08. The predicted molar refractivity (Wildman–Crippen MR) is 132 cm³/mol. The number of carbonyl (C=O) groups excluding carboxylic acids is 2. The fraction of sp³-hybridized carbons (Fsp3) is 0.538. The number of nitrogens with zero attached hydrogens (tertiary/aromatic N) is 5. The smallest absolute Gasteiger partial charge is 0.276 e. The molecule has 39 heavy (non-hydrogen) atoms. The van der Waals surface area contributed by atoms with Crippen LogP contribution in [-0.4, -0.2) is 49.3 Å². The van der Waals surface area contributed by atoms with E-state index in [9.17, 15) is 22.8 Å². The molecule has 2 amide bonds. The van der Waals surface area contributed by atoms with Gasteiger partial charge in [0.25, 0.3) is 5.91 Å². The molecule has 0 bridgehead atoms. The van der Waals surface area contributed by atoms with E-state index in [-0.39, 0.29) is 61.2 Å². The molecule has 0 spiro atoms. The number of rotatable bonds is 10. The summed E-state index contributed by atoms with van der Waals surface area (Å²) in [5.41, 5.74) is 2.19. The van der Waals surface area contributed by atoms with Crippen LogP contribution < -0.4 is 10.6 Å². The van der Waals surface area contributed by atoms with Gasteiger partial charge in [0.15, 0.2) is 11.3 Å². The van der Waals surface area contributed by atoms with Crippen LogP contribution in [0.1, 0.15) is 84.5 Å². The van der Waals surface area contributed by atoms with Crippen LogP contribution >= 0.6 is 0 Å². The second kappa shape index (κ2) is 10.8. The highest BCUT2D eigenvalue weighted by atomic mass is 19.3. The van der Waals surface area contributed by atoms with Crippen LogP contribution in [0.2, 0.25) is 0 Å². The van der Waals surface area contributed by atoms with E-state index in [2.05, 4.69) is 37.3 Å². The van der Waals surface area contributed by atoms with Crippen molar-refractivity contribution in [2.45, 2.75) is 69.9 Å². The van der Waals surface area contributed by atoms with Gasteiger partial charge in [-0.05, 0) is 61.2 Å². The predicted octanol–water partition coefficient (Wildman–Crippen LogP) is 4.20. The van der Waals surface area contributed by atoms with Crippen LogP contribution in [0, 0.1) is 18.8 Å². The van der Waals surface area contributed by atoms with E-state index in [0.29, 0.717) is 17.0 Å². The van der Waals surface area contributed by atoms with Gasteiger partial charge in [-0.2, -0.15) is 5.10 Å². The molecule has 0 saturated heterocycles. The quantitative estimate of drug-likeness (QED) is 0.366. The average Bonchev–Trinajstić information content (AvgIpc) is 3.51. The van der Waals surface area contributed by atoms with Crippen molar-refractivity contribution in [3.05, 3.63) is 53.3 Å². The number of amides is 2. The molecule has 3 aromatic heterocycles. The lowest BCUT2D eigenvalue weighted by Gasteiger charge is -2.33. The number of hydrogen-bond acceptors (Lipinski definition) is 7. The zero-order chi connectivity index (χ0) is 27.7. The Morgan fingerprint density at radius 3 is 2.51 bits per heavy atom. The maximum absolute atomic E-state index is 13.9. The van der Waals surface area contributed by atoms with E-state index < -0.39 is 30.5 Å². The summed E-state index contributed by atoms with van der Waals surface area (Å²) in [7, 11) is 0. The first-order valence-corrected chi connectivity index (χ1v) is 13.0. The Bertz CT molecular complexity index is 1370. The molecule has 2 saturated carbocycles. The zero-order valence-electron chi connectivity index (χ0n) is 21.5. The summed E-state index contributed by atoms with van der Waals surface area (Å²) in [5.74, 6) is -3.72. The molecule has 1 unspecified atom stereocenters. The van der Waals surface area contributed by atoms with Crippen molar-refractivity contribution >= 4 is 17.5 Å². The van der Waals surface area contributed by atoms with Gasteiger partial charge in [0.1, 0.15) is 5.69 Å². The Morgan fingerprint density at radius 2 is 1.87 bits per heavy atom. The van der Waals surface area contributed by atoms with Gasteiger partial charge in [0.2, 0.25) is 11.8 Å². The summed E-state index contributed by atoms with van der Waals surface area (Å²) in [5, 5.41) is 17.6. The maximum Gasteiger partial charge on any atom is 0.276 e. The number of halogens is 3. The topological polar surface area (TPSA) is 127 Å². The van der Waals surface area contributed by atoms with Crippen molar-refractivity contribution in [3.63, 3.8) is 0 Å². The Hall–Kier alpha value is -3.77. The summed E-state index contributed by atoms with van der Waals surface area (Å²) in [4.78, 5) is 30.2. The molecule has 2 atom stereocenters. The highest BCUT2D eigenvalue weighted by Gasteiger charge is 2.40. The van der Waals surface area contributed by atoms with E-state index in [1.807, 2.05) is 0 Å². The second-order valence-electron chi connectivity index (χ2n) is 10.4. The molecule has 5 rings (SSSR count). The molecular weight excluding hydrogens is 515 g/mol. The summed E-state index contributed by atoms with van der Waals surface area (Å²) >= 11 is 0. The van der Waals surface area contributed by atoms with Crippen LogP contribution in [0.15, 0.2) is 35.2 Å². The van der Waals surface area contributed by atoms with Gasteiger partial charge in [-0.15, -0.1) is 0 Å². The van der Waals surface area contributed by atoms with Gasteiger partial charge in [0.05, 0.1) is 36.8 Å². The van der Waals surface area contributed by atoms with Crippen molar-refractivity contribution in [2.75, 3.05) is 6.67 Å². The van der Waals surface area contributed by atoms with E-state index in [4.69, 9.17) is 4.98 Å². The normalized spacial score (nSPS) is 19.0. The standard InChI is InChI=1S/C26H30F3N7O3/c1-14(7-10-27)24(37)32-22(16-3-4-16)18-11-20-31-19(13-36(20)30-12-18)23(17-5-8-26(28,29)9-6-17)33-25(38)21-15(2)34-39-35-21/h11-13,16-17,22-23H,1,3-10H2,2H3,(H,32,37)(H,33,38)/t22?,23-/m0/s1. The Morgan fingerprint density at radius 1 is 1.15 bits per heavy atom. The molecule has 2 aliphatic rings. The van der Waals surface area contributed by atoms with Crippen molar-refractivity contribution in [1.82, 2.24) is 35.5 Å². The van der Waals surface area contributed by atoms with Gasteiger partial charge in [0, 0.05) is 24.8 Å². The second-order valence-corrected chi connectivity index (χ2v) is 10.4. The van der Waals surface area contributed by atoms with Gasteiger partial charge in [-0.25, -0.2) is 22.9 Å². The van der Waals surface area contributed by atoms with Crippen LogP contribution in [0.5, 0.6) is 0 Å². The van der Waals surface area contributed by atoms with Crippen molar-refractivity contribution < 1.29 is 27.4 Å². The largest absolute Gasteiger partial charge is 0.345 e. The number of nitrogens with one attached hydrogen (secondary N) is 2. The minimum absolute atomic E-state index is 0.0164. The number of imidazole rings is 1. The summed E-state index contributed by atoms with van der Waals surface area (Å²) in [6, 6.07) is 0.806. The molecule has 0 aliphatic heterocycles. The molecule has 0 radical (unpaired) electrons. The number of aryl methyl sites for hydroxylation is 1. The SMILES string of the molecule is C=C(CCF)C(=O)NC(c1cnn2cc([C@@H](NC(=O)c3nonc3C)C3CCC(F)(F)CC3)nc2c1)C1CC1. The lowest BCUT2D eigenvalue weighted by atomic mass is 9.81. The molecule has 3 aromatic rings. The summed E-state index contributed by atoms with van der Waals surface area (Å²) < 4.78 is 46.7. The molecule has 0 aromatic carbocycles. The molecule has 2 aliphatic carbocycles. The van der Waals surface area contributed by atoms with E-state index in [1.165, 1.54) is 0 Å². The minimum Gasteiger partial charge on any atom is -0.345 e. The van der Waals surface area contributed by atoms with Crippen molar-refractivity contribution in [2.24, 2.45) is 11.8 Å². The average molecular weight is 546 g/mol. The molecule has 10 nitrogen and oxygen atoms in total. The molecule has 3 heterocycles. The van der Waals surface area contributed by atoms with Gasteiger partial charge in [-0.1, -0.05) is 11.7 Å². The van der Waals surface area contributed by atoms with Crippen LogP contribution in [-0.2, 0) is 4.79 Å². The number of hydrogen-bond donors (Lipinski definition) is 2. The molecular formula is C26H30F3N7O3. The third-order valence-electron chi connectivity index (χ3n) is 7.52. The zero-order valence-corrected chi connectivity index (χ0v) is 21.5. The Balaban J connectivity index is 1.42. The fourth-order valence-corrected chi connectivity index (χ4v) is 5.08. The molecule has 13 heteroatoms. The molecule has 208 valence electrons. The molecule has 2 N–H and O–H groups in total. The van der Waals surface area contributed by atoms with E-state index in [1.54, 1.807) is 29.9 Å². The van der Waals surface area contributed by atoms with E-state index in [0.717, 1.165) is 18.4 Å². The monoisotopic (exact) mass is 545 g/mol. The van der Waals surface area contributed by atoms with Crippen LogP contribution in [0.25, 0.3) is 5.65 Å². The number of aromatic nitrogens is 5. The van der Waals surface area contributed by atoms with Gasteiger partial charge < -0.3 is 10.6 Å². The summed E-state index contributed by atoms with van der Waals surface area (Å²) in [6.45, 7) is 4.59. The third-order valence-corrected chi connectivity index (χ3v) is 7.52. The van der Waals surface area contributed by atoms with Gasteiger partial charge >= 0.3 is 0 Å². The Labute approximate surface area is 222 Å². The highest BCUT2D eigenvalue weighted by molar-refractivity contribution is 5.93. The van der Waals surface area contributed by atoms with Crippen molar-refractivity contribution in [3.8, 4) is 0 Å². The number of alkyl halides is 3. The molecule has 2 fully saturated rings. The minimum atomic E-state index is -2.73. The first kappa shape index (κ1) is 26.8. The maximum atomic E-state index is 13.9. The third kappa shape index (κ3) is 5.96. The summed E-state index contributed by atoms with van der Waals surface area (Å²) in [6.07, 6.45) is 5.00.